The van der Waals surface area contributed by atoms with E-state index in [0.717, 1.165) is 89.9 Å². The van der Waals surface area contributed by atoms with E-state index in [9.17, 15) is 34.5 Å². The zero-order valence-corrected chi connectivity index (χ0v) is 48.5. The van der Waals surface area contributed by atoms with E-state index >= 15 is 0 Å². The van der Waals surface area contributed by atoms with Crippen LogP contribution >= 0.6 is 0 Å². The molecular formula is C67H102O12. The summed E-state index contributed by atoms with van der Waals surface area (Å²) in [5.74, 6) is -3.37. The van der Waals surface area contributed by atoms with Crippen molar-refractivity contribution in [2.24, 2.45) is 0 Å². The van der Waals surface area contributed by atoms with Crippen molar-refractivity contribution >= 4 is 23.9 Å². The third-order valence-electron chi connectivity index (χ3n) is 12.4. The highest BCUT2D eigenvalue weighted by Gasteiger charge is 2.50. The van der Waals surface area contributed by atoms with E-state index in [4.69, 9.17) is 23.7 Å². The minimum absolute atomic E-state index is 0.0144. The van der Waals surface area contributed by atoms with Gasteiger partial charge in [0.15, 0.2) is 24.6 Å². The fourth-order valence-electron chi connectivity index (χ4n) is 7.95. The molecule has 0 aromatic rings. The Labute approximate surface area is 476 Å². The Morgan fingerprint density at radius 3 is 1.19 bits per heavy atom. The third kappa shape index (κ3) is 43.1. The lowest BCUT2D eigenvalue weighted by Gasteiger charge is -2.40. The van der Waals surface area contributed by atoms with Crippen LogP contribution in [-0.2, 0) is 42.9 Å². The van der Waals surface area contributed by atoms with Gasteiger partial charge in [-0.05, 0) is 96.3 Å². The van der Waals surface area contributed by atoms with Crippen LogP contribution in [0, 0.1) is 0 Å². The average Bonchev–Trinajstić information content (AvgIpc) is 3.47. The minimum Gasteiger partial charge on any atom is -0.479 e. The van der Waals surface area contributed by atoms with Gasteiger partial charge < -0.3 is 39.0 Å². The summed E-state index contributed by atoms with van der Waals surface area (Å²) in [6.45, 7) is 5.60. The first-order chi connectivity index (χ1) is 38.6. The fraction of sp³-hybridized carbons (Fsp3) is 0.582. The largest absolute Gasteiger partial charge is 0.479 e. The van der Waals surface area contributed by atoms with E-state index in [-0.39, 0.29) is 19.3 Å². The van der Waals surface area contributed by atoms with E-state index in [1.807, 2.05) is 24.3 Å². The summed E-state index contributed by atoms with van der Waals surface area (Å²) in [5.41, 5.74) is 0. The zero-order chi connectivity index (χ0) is 57.5. The number of hydrogen-bond acceptors (Lipinski definition) is 11. The number of unbranched alkanes of at least 4 members (excludes halogenated alkanes) is 10. The number of aliphatic hydroxyl groups is 2. The second-order valence-electron chi connectivity index (χ2n) is 19.5. The normalized spacial score (nSPS) is 18.9. The van der Waals surface area contributed by atoms with Crippen LogP contribution in [0.4, 0.5) is 0 Å². The van der Waals surface area contributed by atoms with Crippen molar-refractivity contribution in [3.63, 3.8) is 0 Å². The lowest BCUT2D eigenvalue weighted by atomic mass is 9.98. The van der Waals surface area contributed by atoms with Crippen molar-refractivity contribution in [3.8, 4) is 0 Å². The maximum absolute atomic E-state index is 13.1. The van der Waals surface area contributed by atoms with Crippen molar-refractivity contribution < 1.29 is 58.2 Å². The van der Waals surface area contributed by atoms with Crippen molar-refractivity contribution in [1.29, 1.82) is 0 Å². The van der Waals surface area contributed by atoms with Gasteiger partial charge in [0.2, 0.25) is 0 Å². The molecule has 12 heteroatoms. The molecule has 1 aliphatic heterocycles. The van der Waals surface area contributed by atoms with Gasteiger partial charge in [-0.2, -0.15) is 0 Å². The first kappa shape index (κ1) is 71.6. The van der Waals surface area contributed by atoms with Crippen molar-refractivity contribution in [3.05, 3.63) is 146 Å². The molecule has 6 unspecified atom stereocenters. The van der Waals surface area contributed by atoms with Crippen molar-refractivity contribution in [1.82, 2.24) is 0 Å². The molecule has 0 aromatic heterocycles. The molecule has 0 saturated carbocycles. The van der Waals surface area contributed by atoms with E-state index in [2.05, 4.69) is 142 Å². The molecule has 1 aliphatic rings. The molecule has 0 radical (unpaired) electrons. The molecule has 12 nitrogen and oxygen atoms in total. The standard InChI is InChI=1S/C67H102O12/c1-4-7-10-13-16-19-22-24-26-28-30-32-34-36-39-41-44-47-50-53-59(68)75-56-58(77-60(69)54-51-48-45-43-40-37-35-33-31-29-27-25-23-20-17-14-11-8-5-2)57-76-67-65(63(72)62(71)64(79-67)66(73)74)78-61(70)55-52-49-46-42-38-21-18-15-12-9-6-3/h7-8,10-11,16-17,19-20,24-27,30-33,36-37,39-40,44-45,47-48,58,62-65,67,71-72H,4-6,9,12-15,18,21-23,28-29,34-35,38,41-43,46,49-57H2,1-3H3,(H,73,74)/b10-7-,11-8-,19-16-,20-17-,26-24-,27-25-,32-30-,33-31-,39-36-,40-37-,47-44-,48-45-. The summed E-state index contributed by atoms with van der Waals surface area (Å²) in [4.78, 5) is 51.1. The number of rotatable bonds is 48. The molecule has 0 amide bonds. The Kier molecular flexibility index (Phi) is 48.3. The van der Waals surface area contributed by atoms with Crippen LogP contribution in [0.15, 0.2) is 146 Å². The molecule has 1 saturated heterocycles. The highest BCUT2D eigenvalue weighted by molar-refractivity contribution is 5.74. The van der Waals surface area contributed by atoms with Gasteiger partial charge in [-0.3, -0.25) is 14.4 Å². The molecule has 0 aliphatic carbocycles. The van der Waals surface area contributed by atoms with Gasteiger partial charge in [0, 0.05) is 19.3 Å². The zero-order valence-electron chi connectivity index (χ0n) is 48.5. The van der Waals surface area contributed by atoms with Crippen LogP contribution in [0.3, 0.4) is 0 Å². The molecule has 0 spiro atoms. The van der Waals surface area contributed by atoms with Crippen LogP contribution in [-0.4, -0.2) is 89.2 Å². The van der Waals surface area contributed by atoms with Gasteiger partial charge in [-0.1, -0.05) is 231 Å². The number of ether oxygens (including phenoxy) is 5. The maximum atomic E-state index is 13.1. The highest BCUT2D eigenvalue weighted by atomic mass is 16.7. The van der Waals surface area contributed by atoms with Crippen LogP contribution in [0.25, 0.3) is 0 Å². The molecular weight excluding hydrogens is 997 g/mol. The SMILES string of the molecule is CC/C=C\C/C=C\C/C=C\C/C=C\C/C=C\C/C=C\CCC(=O)OCC(COC1OC(C(=O)O)C(O)C(O)C1OC(=O)CCCCCCCCCCCCC)OC(=O)CC/C=C\C/C=C\C/C=C\C/C=C\C/C=C\C/C=C\CC. The van der Waals surface area contributed by atoms with Crippen LogP contribution in [0.2, 0.25) is 0 Å². The van der Waals surface area contributed by atoms with Gasteiger partial charge in [0.25, 0.3) is 0 Å². The average molecular weight is 1100 g/mol. The molecule has 0 aromatic carbocycles. The van der Waals surface area contributed by atoms with E-state index in [1.54, 1.807) is 0 Å². The van der Waals surface area contributed by atoms with Gasteiger partial charge in [0.05, 0.1) is 6.61 Å². The minimum atomic E-state index is -1.93. The maximum Gasteiger partial charge on any atom is 0.335 e. The molecule has 0 bridgehead atoms. The molecule has 442 valence electrons. The number of carbonyl (C=O) groups excluding carboxylic acids is 3. The first-order valence-corrected chi connectivity index (χ1v) is 29.8. The van der Waals surface area contributed by atoms with E-state index in [0.29, 0.717) is 32.1 Å². The Hall–Kier alpha value is -5.40. The number of carbonyl (C=O) groups is 4. The van der Waals surface area contributed by atoms with Gasteiger partial charge in [0.1, 0.15) is 18.8 Å². The molecule has 1 rings (SSSR count). The van der Waals surface area contributed by atoms with Crippen LogP contribution < -0.4 is 0 Å². The van der Waals surface area contributed by atoms with Gasteiger partial charge in [-0.25, -0.2) is 4.79 Å². The van der Waals surface area contributed by atoms with Gasteiger partial charge >= 0.3 is 23.9 Å². The number of allylic oxidation sites excluding steroid dienone is 24. The predicted octanol–water partition coefficient (Wildman–Crippen LogP) is 15.6. The molecule has 79 heavy (non-hydrogen) atoms. The van der Waals surface area contributed by atoms with Crippen LogP contribution in [0.5, 0.6) is 0 Å². The number of esters is 3. The summed E-state index contributed by atoms with van der Waals surface area (Å²) in [5, 5.41) is 31.4. The second-order valence-corrected chi connectivity index (χ2v) is 19.5. The Bertz CT molecular complexity index is 1930. The fourth-order valence-corrected chi connectivity index (χ4v) is 7.95. The number of carboxylic acid groups (broad SMARTS) is 1. The Balaban J connectivity index is 2.80. The number of aliphatic hydroxyl groups excluding tert-OH is 2. The summed E-state index contributed by atoms with van der Waals surface area (Å²) in [6, 6.07) is 0. The van der Waals surface area contributed by atoms with Gasteiger partial charge in [-0.15, -0.1) is 0 Å². The third-order valence-corrected chi connectivity index (χ3v) is 12.4. The van der Waals surface area contributed by atoms with E-state index < -0.39 is 73.9 Å². The van der Waals surface area contributed by atoms with E-state index in [1.165, 1.54) is 38.5 Å². The number of carboxylic acids is 1. The summed E-state index contributed by atoms with van der Waals surface area (Å²) < 4.78 is 28.2. The summed E-state index contributed by atoms with van der Waals surface area (Å²) >= 11 is 0. The van der Waals surface area contributed by atoms with Crippen molar-refractivity contribution in [2.45, 2.75) is 237 Å². The monoisotopic (exact) mass is 1100 g/mol. The Morgan fingerprint density at radius 2 is 0.797 bits per heavy atom. The molecule has 6 atom stereocenters. The second kappa shape index (κ2) is 53.3. The van der Waals surface area contributed by atoms with Crippen LogP contribution in [0.1, 0.15) is 201 Å². The molecule has 1 fully saturated rings. The number of aliphatic carboxylic acids is 1. The topological polar surface area (TPSA) is 175 Å². The van der Waals surface area contributed by atoms with Crippen molar-refractivity contribution in [2.75, 3.05) is 13.2 Å². The smallest absolute Gasteiger partial charge is 0.335 e. The predicted molar refractivity (Wildman–Crippen MR) is 321 cm³/mol. The quantitative estimate of drug-likeness (QED) is 0.0228. The lowest BCUT2D eigenvalue weighted by Crippen LogP contribution is -2.61. The molecule has 3 N–H and O–H groups in total. The highest BCUT2D eigenvalue weighted by Crippen LogP contribution is 2.26. The summed E-state index contributed by atoms with van der Waals surface area (Å²) in [7, 11) is 0. The number of hydrogen-bond donors (Lipinski definition) is 3. The molecule has 1 heterocycles. The Morgan fingerprint density at radius 1 is 0.430 bits per heavy atom. The lowest BCUT2D eigenvalue weighted by molar-refractivity contribution is -0.301. The summed E-state index contributed by atoms with van der Waals surface area (Å²) in [6.07, 6.45) is 64.2. The first-order valence-electron chi connectivity index (χ1n) is 29.8.